The van der Waals surface area contributed by atoms with Crippen LogP contribution in [0.3, 0.4) is 0 Å². The molecule has 12 heteroatoms. The van der Waals surface area contributed by atoms with Crippen LogP contribution in [0, 0.1) is 0 Å². The van der Waals surface area contributed by atoms with Gasteiger partial charge in [-0.1, -0.05) is 0 Å². The summed E-state index contributed by atoms with van der Waals surface area (Å²) in [6, 6.07) is -3.85. The van der Waals surface area contributed by atoms with Gasteiger partial charge in [0.2, 0.25) is 17.7 Å². The number of nitrogens with zero attached hydrogens (tertiary/aromatic N) is 1. The predicted octanol–water partition coefficient (Wildman–Crippen LogP) is -3.03. The average Bonchev–Trinajstić information content (AvgIpc) is 2.57. The van der Waals surface area contributed by atoms with Gasteiger partial charge >= 0.3 is 5.97 Å². The van der Waals surface area contributed by atoms with Crippen LogP contribution in [0.5, 0.6) is 0 Å². The van der Waals surface area contributed by atoms with E-state index in [0.29, 0.717) is 19.4 Å². The van der Waals surface area contributed by atoms with Gasteiger partial charge in [0.05, 0.1) is 6.04 Å². The minimum absolute atomic E-state index is 0.0470. The van der Waals surface area contributed by atoms with Crippen molar-refractivity contribution in [2.45, 2.75) is 57.8 Å². The van der Waals surface area contributed by atoms with Crippen LogP contribution in [0.25, 0.3) is 0 Å². The van der Waals surface area contributed by atoms with Gasteiger partial charge in [-0.3, -0.25) is 24.2 Å². The molecule has 0 rings (SSSR count). The van der Waals surface area contributed by atoms with Crippen LogP contribution in [0.1, 0.15) is 33.6 Å². The summed E-state index contributed by atoms with van der Waals surface area (Å²) in [6.07, 6.45) is 0.814. The first-order valence-corrected chi connectivity index (χ1v) is 8.40. The molecular formula is C15H29N7O5. The highest BCUT2D eigenvalue weighted by atomic mass is 16.4. The van der Waals surface area contributed by atoms with Crippen molar-refractivity contribution in [2.24, 2.45) is 22.2 Å². The molecule has 4 atom stereocenters. The maximum atomic E-state index is 12.1. The third-order valence-corrected chi connectivity index (χ3v) is 3.54. The molecule has 0 saturated heterocycles. The van der Waals surface area contributed by atoms with Crippen molar-refractivity contribution in [3.8, 4) is 0 Å². The lowest BCUT2D eigenvalue weighted by atomic mass is 10.1. The molecule has 0 heterocycles. The summed E-state index contributed by atoms with van der Waals surface area (Å²) in [5.74, 6) is -3.04. The van der Waals surface area contributed by atoms with E-state index in [2.05, 4.69) is 20.9 Å². The summed E-state index contributed by atoms with van der Waals surface area (Å²) in [5.41, 5.74) is 16.1. The van der Waals surface area contributed by atoms with E-state index in [1.807, 2.05) is 0 Å². The maximum absolute atomic E-state index is 12.1. The Morgan fingerprint density at radius 1 is 0.889 bits per heavy atom. The Labute approximate surface area is 157 Å². The second kappa shape index (κ2) is 11.7. The third-order valence-electron chi connectivity index (χ3n) is 3.54. The number of carbonyl (C=O) groups excluding carboxylic acids is 3. The molecule has 0 aliphatic carbocycles. The Balaban J connectivity index is 4.39. The Hall–Kier alpha value is -2.89. The number of carboxylic acid groups (broad SMARTS) is 1. The molecule has 27 heavy (non-hydrogen) atoms. The monoisotopic (exact) mass is 387 g/mol. The largest absolute Gasteiger partial charge is 0.480 e. The first kappa shape index (κ1) is 24.1. The predicted molar refractivity (Wildman–Crippen MR) is 98.3 cm³/mol. The zero-order valence-electron chi connectivity index (χ0n) is 15.7. The topological polar surface area (TPSA) is 215 Å². The fraction of sp³-hybridized carbons (Fsp3) is 0.667. The zero-order chi connectivity index (χ0) is 21.1. The Morgan fingerprint density at radius 2 is 1.33 bits per heavy atom. The van der Waals surface area contributed by atoms with Gasteiger partial charge in [0.15, 0.2) is 5.96 Å². The van der Waals surface area contributed by atoms with E-state index in [9.17, 15) is 19.2 Å². The maximum Gasteiger partial charge on any atom is 0.325 e. The van der Waals surface area contributed by atoms with E-state index in [4.69, 9.17) is 22.3 Å². The fourth-order valence-corrected chi connectivity index (χ4v) is 1.84. The minimum Gasteiger partial charge on any atom is -0.480 e. The van der Waals surface area contributed by atoms with E-state index >= 15 is 0 Å². The van der Waals surface area contributed by atoms with E-state index in [1.54, 1.807) is 0 Å². The van der Waals surface area contributed by atoms with Crippen molar-refractivity contribution >= 4 is 29.7 Å². The number of carbonyl (C=O) groups is 4. The third kappa shape index (κ3) is 9.99. The van der Waals surface area contributed by atoms with Crippen LogP contribution in [0.4, 0.5) is 0 Å². The zero-order valence-corrected chi connectivity index (χ0v) is 15.7. The molecule has 0 radical (unpaired) electrons. The van der Waals surface area contributed by atoms with E-state index in [0.717, 1.165) is 0 Å². The Bertz CT molecular complexity index is 577. The van der Waals surface area contributed by atoms with Crippen molar-refractivity contribution in [1.29, 1.82) is 0 Å². The van der Waals surface area contributed by atoms with Gasteiger partial charge in [0, 0.05) is 6.54 Å². The lowest BCUT2D eigenvalue weighted by Gasteiger charge is -2.20. The lowest BCUT2D eigenvalue weighted by Crippen LogP contribution is -2.55. The number of rotatable bonds is 11. The van der Waals surface area contributed by atoms with Gasteiger partial charge in [-0.15, -0.1) is 0 Å². The molecule has 0 spiro atoms. The summed E-state index contributed by atoms with van der Waals surface area (Å²) in [4.78, 5) is 50.3. The quantitative estimate of drug-likeness (QED) is 0.110. The fourth-order valence-electron chi connectivity index (χ4n) is 1.84. The number of hydrogen-bond acceptors (Lipinski definition) is 6. The molecule has 0 saturated carbocycles. The molecule has 3 amide bonds. The number of aliphatic imine (C=N–C) groups is 1. The van der Waals surface area contributed by atoms with E-state index < -0.39 is 47.9 Å². The van der Waals surface area contributed by atoms with Gasteiger partial charge in [0.25, 0.3) is 0 Å². The first-order chi connectivity index (χ1) is 12.5. The van der Waals surface area contributed by atoms with E-state index in [1.165, 1.54) is 20.8 Å². The summed E-state index contributed by atoms with van der Waals surface area (Å²) in [5, 5.41) is 15.8. The van der Waals surface area contributed by atoms with Crippen LogP contribution < -0.4 is 33.2 Å². The molecule has 0 aliphatic heterocycles. The van der Waals surface area contributed by atoms with Gasteiger partial charge in [-0.25, -0.2) is 0 Å². The smallest absolute Gasteiger partial charge is 0.325 e. The minimum atomic E-state index is -1.20. The molecule has 0 bridgehead atoms. The number of nitrogens with two attached hydrogens (primary N) is 3. The number of nitrogens with one attached hydrogen (secondary N) is 3. The summed E-state index contributed by atoms with van der Waals surface area (Å²) in [6.45, 7) is 4.46. The number of carboxylic acids is 1. The molecule has 12 nitrogen and oxygen atoms in total. The summed E-state index contributed by atoms with van der Waals surface area (Å²) in [7, 11) is 0. The second-order valence-electron chi connectivity index (χ2n) is 6.08. The Morgan fingerprint density at radius 3 is 1.78 bits per heavy atom. The first-order valence-electron chi connectivity index (χ1n) is 8.40. The molecule has 0 aromatic carbocycles. The number of guanidine groups is 1. The lowest BCUT2D eigenvalue weighted by molar-refractivity contribution is -0.141. The highest BCUT2D eigenvalue weighted by Gasteiger charge is 2.24. The van der Waals surface area contributed by atoms with Crippen LogP contribution in [-0.4, -0.2) is 65.5 Å². The van der Waals surface area contributed by atoms with Gasteiger partial charge in [-0.05, 0) is 33.6 Å². The van der Waals surface area contributed by atoms with Crippen molar-refractivity contribution in [1.82, 2.24) is 16.0 Å². The van der Waals surface area contributed by atoms with E-state index in [-0.39, 0.29) is 5.96 Å². The molecular weight excluding hydrogens is 358 g/mol. The average molecular weight is 387 g/mol. The van der Waals surface area contributed by atoms with Crippen LogP contribution >= 0.6 is 0 Å². The van der Waals surface area contributed by atoms with Crippen LogP contribution in [0.2, 0.25) is 0 Å². The number of hydrogen-bond donors (Lipinski definition) is 7. The van der Waals surface area contributed by atoms with Crippen molar-refractivity contribution < 1.29 is 24.3 Å². The highest BCUT2D eigenvalue weighted by Crippen LogP contribution is 1.97. The molecule has 0 fully saturated rings. The molecule has 0 aliphatic rings. The molecule has 154 valence electrons. The van der Waals surface area contributed by atoms with Crippen molar-refractivity contribution in [2.75, 3.05) is 6.54 Å². The van der Waals surface area contributed by atoms with Crippen LogP contribution in [-0.2, 0) is 19.2 Å². The molecule has 10 N–H and O–H groups in total. The van der Waals surface area contributed by atoms with Crippen molar-refractivity contribution in [3.05, 3.63) is 0 Å². The number of amides is 3. The standard InChI is InChI=1S/C15H29N7O5/c1-7(12(24)22-9(3)14(26)27)20-11(23)8(2)21-13(25)10(16)5-4-6-19-15(17)18/h7-10H,4-6,16H2,1-3H3,(H,20,23)(H,21,25)(H,22,24)(H,26,27)(H4,17,18,19)/t7-,8-,9-,10-/m0/s1. The molecule has 0 aromatic heterocycles. The van der Waals surface area contributed by atoms with Gasteiger partial charge < -0.3 is 38.3 Å². The second-order valence-corrected chi connectivity index (χ2v) is 6.08. The van der Waals surface area contributed by atoms with Gasteiger partial charge in [0.1, 0.15) is 18.1 Å². The molecule has 0 unspecified atom stereocenters. The van der Waals surface area contributed by atoms with Crippen molar-refractivity contribution in [3.63, 3.8) is 0 Å². The highest BCUT2D eigenvalue weighted by molar-refractivity contribution is 5.93. The van der Waals surface area contributed by atoms with Crippen LogP contribution in [0.15, 0.2) is 4.99 Å². The Kier molecular flexibility index (Phi) is 10.4. The number of aliphatic carboxylic acids is 1. The summed E-state index contributed by atoms with van der Waals surface area (Å²) >= 11 is 0. The van der Waals surface area contributed by atoms with Gasteiger partial charge in [-0.2, -0.15) is 0 Å². The summed E-state index contributed by atoms with van der Waals surface area (Å²) < 4.78 is 0. The SMILES string of the molecule is C[C@H](NC(=O)[C@H](C)NC(=O)[C@H](C)NC(=O)[C@@H](N)CCCN=C(N)N)C(=O)O. The normalized spacial score (nSPS) is 14.8. The molecule has 0 aromatic rings.